The fourth-order valence-electron chi connectivity index (χ4n) is 1.58. The van der Waals surface area contributed by atoms with Crippen molar-refractivity contribution in [2.45, 2.75) is 13.3 Å². The number of aromatic amines is 1. The molecular formula is C10H13BrN4. The van der Waals surface area contributed by atoms with Gasteiger partial charge in [0.15, 0.2) is 0 Å². The smallest absolute Gasteiger partial charge is 0.141 e. The normalized spacial score (nSPS) is 13.3. The quantitative estimate of drug-likeness (QED) is 0.893. The van der Waals surface area contributed by atoms with E-state index >= 15 is 0 Å². The predicted octanol–water partition coefficient (Wildman–Crippen LogP) is 1.86. The number of H-pyrrole nitrogens is 1. The maximum absolute atomic E-state index is 5.63. The second-order valence-corrected chi connectivity index (χ2v) is 4.54. The van der Waals surface area contributed by atoms with Crippen molar-refractivity contribution < 1.29 is 0 Å². The Morgan fingerprint density at radius 3 is 3.13 bits per heavy atom. The largest absolute Gasteiger partial charge is 0.334 e. The molecule has 2 aromatic rings. The molecule has 0 spiro atoms. The zero-order valence-corrected chi connectivity index (χ0v) is 10.1. The van der Waals surface area contributed by atoms with E-state index in [-0.39, 0.29) is 0 Å². The van der Waals surface area contributed by atoms with Crippen molar-refractivity contribution >= 4 is 27.0 Å². The molecule has 1 atom stereocenters. The second kappa shape index (κ2) is 4.28. The molecule has 4 nitrogen and oxygen atoms in total. The average Bonchev–Trinajstić information content (AvgIpc) is 2.55. The van der Waals surface area contributed by atoms with Crippen molar-refractivity contribution in [3.8, 4) is 0 Å². The Morgan fingerprint density at radius 1 is 1.60 bits per heavy atom. The Morgan fingerprint density at radius 2 is 2.40 bits per heavy atom. The van der Waals surface area contributed by atoms with Crippen LogP contribution in [-0.2, 0) is 6.42 Å². The molecule has 1 unspecified atom stereocenters. The molecule has 5 heteroatoms. The fourth-order valence-corrected chi connectivity index (χ4v) is 2.14. The summed E-state index contributed by atoms with van der Waals surface area (Å²) in [5.74, 6) is 0.459. The van der Waals surface area contributed by atoms with E-state index in [0.717, 1.165) is 22.1 Å². The molecule has 3 N–H and O–H groups in total. The number of rotatable bonds is 3. The van der Waals surface area contributed by atoms with Crippen LogP contribution in [0.25, 0.3) is 11.0 Å². The van der Waals surface area contributed by atoms with Gasteiger partial charge in [0.1, 0.15) is 12.0 Å². The Hall–Kier alpha value is -0.940. The molecule has 0 amide bonds. The van der Waals surface area contributed by atoms with Gasteiger partial charge < -0.3 is 10.7 Å². The third kappa shape index (κ3) is 2.03. The first-order valence-corrected chi connectivity index (χ1v) is 5.67. The molecule has 2 rings (SSSR count). The zero-order valence-electron chi connectivity index (χ0n) is 8.50. The van der Waals surface area contributed by atoms with E-state index in [4.69, 9.17) is 5.73 Å². The van der Waals surface area contributed by atoms with Gasteiger partial charge in [0.25, 0.3) is 0 Å². The van der Waals surface area contributed by atoms with Crippen molar-refractivity contribution in [3.63, 3.8) is 0 Å². The molecule has 0 bridgehead atoms. The van der Waals surface area contributed by atoms with Crippen LogP contribution in [-0.4, -0.2) is 21.5 Å². The van der Waals surface area contributed by atoms with Crippen molar-refractivity contribution in [1.82, 2.24) is 15.0 Å². The van der Waals surface area contributed by atoms with Gasteiger partial charge in [-0.25, -0.2) is 9.97 Å². The number of nitrogens with two attached hydrogens (primary N) is 1. The first kappa shape index (κ1) is 10.6. The van der Waals surface area contributed by atoms with Gasteiger partial charge in [-0.1, -0.05) is 6.92 Å². The SMILES string of the molecule is CC(CN)Cc1c(Br)[nH]c2ncncc12. The van der Waals surface area contributed by atoms with E-state index in [0.29, 0.717) is 12.5 Å². The Bertz CT molecular complexity index is 465. The number of nitrogens with zero attached hydrogens (tertiary/aromatic N) is 2. The van der Waals surface area contributed by atoms with E-state index in [1.807, 2.05) is 6.20 Å². The third-order valence-electron chi connectivity index (χ3n) is 2.49. The predicted molar refractivity (Wildman–Crippen MR) is 63.5 cm³/mol. The van der Waals surface area contributed by atoms with Crippen LogP contribution in [0.4, 0.5) is 0 Å². The van der Waals surface area contributed by atoms with Gasteiger partial charge in [-0.15, -0.1) is 0 Å². The highest BCUT2D eigenvalue weighted by atomic mass is 79.9. The molecule has 2 aromatic heterocycles. The molecule has 0 saturated heterocycles. The van der Waals surface area contributed by atoms with Crippen LogP contribution >= 0.6 is 15.9 Å². The number of nitrogens with one attached hydrogen (secondary N) is 1. The molecule has 0 aliphatic heterocycles. The van der Waals surface area contributed by atoms with Gasteiger partial charge in [-0.2, -0.15) is 0 Å². The topological polar surface area (TPSA) is 67.6 Å². The summed E-state index contributed by atoms with van der Waals surface area (Å²) in [5, 5.41) is 1.07. The molecule has 0 aliphatic rings. The Labute approximate surface area is 96.4 Å². The molecular weight excluding hydrogens is 256 g/mol. The fraction of sp³-hybridized carbons (Fsp3) is 0.400. The van der Waals surface area contributed by atoms with Crippen LogP contribution in [0.3, 0.4) is 0 Å². The van der Waals surface area contributed by atoms with Crippen molar-refractivity contribution in [2.24, 2.45) is 11.7 Å². The second-order valence-electron chi connectivity index (χ2n) is 3.75. The molecule has 0 aliphatic carbocycles. The average molecular weight is 269 g/mol. The van der Waals surface area contributed by atoms with Crippen LogP contribution in [0.2, 0.25) is 0 Å². The summed E-state index contributed by atoms with van der Waals surface area (Å²) < 4.78 is 0.985. The van der Waals surface area contributed by atoms with Gasteiger partial charge >= 0.3 is 0 Å². The summed E-state index contributed by atoms with van der Waals surface area (Å²) >= 11 is 3.50. The minimum atomic E-state index is 0.459. The maximum atomic E-state index is 5.63. The van der Waals surface area contributed by atoms with Crippen LogP contribution in [0.5, 0.6) is 0 Å². The molecule has 0 fully saturated rings. The van der Waals surface area contributed by atoms with E-state index in [2.05, 4.69) is 37.8 Å². The van der Waals surface area contributed by atoms with Crippen LogP contribution in [0.15, 0.2) is 17.1 Å². The van der Waals surface area contributed by atoms with Gasteiger partial charge in [-0.05, 0) is 40.4 Å². The lowest BCUT2D eigenvalue weighted by atomic mass is 10.0. The summed E-state index contributed by atoms with van der Waals surface area (Å²) in [6.07, 6.45) is 4.31. The highest BCUT2D eigenvalue weighted by Crippen LogP contribution is 2.26. The van der Waals surface area contributed by atoms with Gasteiger partial charge in [0.2, 0.25) is 0 Å². The molecule has 15 heavy (non-hydrogen) atoms. The van der Waals surface area contributed by atoms with Crippen molar-refractivity contribution in [1.29, 1.82) is 0 Å². The highest BCUT2D eigenvalue weighted by molar-refractivity contribution is 9.10. The lowest BCUT2D eigenvalue weighted by Crippen LogP contribution is -2.13. The third-order valence-corrected chi connectivity index (χ3v) is 3.16. The van der Waals surface area contributed by atoms with E-state index in [1.165, 1.54) is 5.56 Å². The summed E-state index contributed by atoms with van der Waals surface area (Å²) in [5.41, 5.74) is 7.71. The number of hydrogen-bond donors (Lipinski definition) is 2. The Balaban J connectivity index is 2.45. The highest BCUT2D eigenvalue weighted by Gasteiger charge is 2.12. The lowest BCUT2D eigenvalue weighted by Gasteiger charge is -2.07. The van der Waals surface area contributed by atoms with Crippen LogP contribution < -0.4 is 5.73 Å². The van der Waals surface area contributed by atoms with Gasteiger partial charge in [-0.3, -0.25) is 0 Å². The summed E-state index contributed by atoms with van der Waals surface area (Å²) in [7, 11) is 0. The van der Waals surface area contributed by atoms with Gasteiger partial charge in [0.05, 0.1) is 4.60 Å². The number of hydrogen-bond acceptors (Lipinski definition) is 3. The van der Waals surface area contributed by atoms with Crippen molar-refractivity contribution in [3.05, 3.63) is 22.7 Å². The summed E-state index contributed by atoms with van der Waals surface area (Å²) in [4.78, 5) is 11.4. The maximum Gasteiger partial charge on any atom is 0.141 e. The number of halogens is 1. The van der Waals surface area contributed by atoms with Crippen LogP contribution in [0.1, 0.15) is 12.5 Å². The van der Waals surface area contributed by atoms with E-state index < -0.39 is 0 Å². The molecule has 0 aromatic carbocycles. The molecule has 0 saturated carbocycles. The van der Waals surface area contributed by atoms with Crippen LogP contribution in [0, 0.1) is 5.92 Å². The number of aromatic nitrogens is 3. The molecule has 0 radical (unpaired) electrons. The standard InChI is InChI=1S/C10H13BrN4/c1-6(3-12)2-7-8-4-13-5-14-10(8)15-9(7)11/h4-6H,2-3,12H2,1H3,(H,13,14,15). The van der Waals surface area contributed by atoms with E-state index in [9.17, 15) is 0 Å². The summed E-state index contributed by atoms with van der Waals surface area (Å²) in [6.45, 7) is 2.82. The Kier molecular flexibility index (Phi) is 3.02. The van der Waals surface area contributed by atoms with Crippen molar-refractivity contribution in [2.75, 3.05) is 6.54 Å². The number of fused-ring (bicyclic) bond motifs is 1. The van der Waals surface area contributed by atoms with Gasteiger partial charge in [0, 0.05) is 11.6 Å². The minimum absolute atomic E-state index is 0.459. The molecule has 80 valence electrons. The first-order chi connectivity index (χ1) is 7.22. The summed E-state index contributed by atoms with van der Waals surface area (Å²) in [6, 6.07) is 0. The minimum Gasteiger partial charge on any atom is -0.334 e. The zero-order chi connectivity index (χ0) is 10.8. The molecule has 2 heterocycles. The lowest BCUT2D eigenvalue weighted by molar-refractivity contribution is 0.594. The monoisotopic (exact) mass is 268 g/mol. The first-order valence-electron chi connectivity index (χ1n) is 4.88. The van der Waals surface area contributed by atoms with E-state index in [1.54, 1.807) is 6.33 Å².